The Hall–Kier alpha value is -2.64. The van der Waals surface area contributed by atoms with Crippen LogP contribution in [0.1, 0.15) is 0 Å². The molecule has 3 rings (SSSR count). The minimum atomic E-state index is -1.47. The smallest absolute Gasteiger partial charge is 0.226 e. The first-order valence-corrected chi connectivity index (χ1v) is 5.59. The summed E-state index contributed by atoms with van der Waals surface area (Å²) in [7, 11) is 0. The van der Waals surface area contributed by atoms with E-state index in [1.54, 1.807) is 0 Å². The van der Waals surface area contributed by atoms with Gasteiger partial charge in [-0.1, -0.05) is 0 Å². The van der Waals surface area contributed by atoms with Crippen molar-refractivity contribution in [2.24, 2.45) is 0 Å². The lowest BCUT2D eigenvalue weighted by molar-refractivity contribution is 0.533. The molecule has 2 heterocycles. The van der Waals surface area contributed by atoms with Crippen molar-refractivity contribution in [2.45, 2.75) is 0 Å². The van der Waals surface area contributed by atoms with Crippen LogP contribution in [0.4, 0.5) is 22.0 Å². The van der Waals surface area contributed by atoms with E-state index in [1.807, 2.05) is 0 Å². The third kappa shape index (κ3) is 2.08. The second kappa shape index (κ2) is 4.72. The molecular weight excluding hydrogens is 293 g/mol. The van der Waals surface area contributed by atoms with Crippen molar-refractivity contribution in [1.82, 2.24) is 15.0 Å². The van der Waals surface area contributed by atoms with Gasteiger partial charge in [-0.2, -0.15) is 9.37 Å². The summed E-state index contributed by atoms with van der Waals surface area (Å²) in [6.07, 6.45) is 2.28. The molecular formula is C13H4F5N3. The van der Waals surface area contributed by atoms with Gasteiger partial charge >= 0.3 is 0 Å². The SMILES string of the molecule is Fc1cc(F)c(-c2c(F)nc3nccnc3c2F)c(F)c1. The number of fused-ring (bicyclic) bond motifs is 1. The number of benzene rings is 1. The Morgan fingerprint density at radius 2 is 1.38 bits per heavy atom. The zero-order valence-corrected chi connectivity index (χ0v) is 10.0. The van der Waals surface area contributed by atoms with E-state index in [9.17, 15) is 22.0 Å². The molecule has 0 radical (unpaired) electrons. The summed E-state index contributed by atoms with van der Waals surface area (Å²) >= 11 is 0. The highest BCUT2D eigenvalue weighted by atomic mass is 19.2. The lowest BCUT2D eigenvalue weighted by Gasteiger charge is -2.09. The highest BCUT2D eigenvalue weighted by molar-refractivity contribution is 5.79. The first-order valence-electron chi connectivity index (χ1n) is 5.59. The number of halogens is 5. The van der Waals surface area contributed by atoms with Crippen LogP contribution >= 0.6 is 0 Å². The molecule has 0 saturated carbocycles. The average molecular weight is 297 g/mol. The summed E-state index contributed by atoms with van der Waals surface area (Å²) in [5.41, 5.74) is -2.90. The molecule has 0 amide bonds. The van der Waals surface area contributed by atoms with Gasteiger partial charge in [-0.3, -0.25) is 0 Å². The van der Waals surface area contributed by atoms with Crippen molar-refractivity contribution in [3.8, 4) is 11.1 Å². The van der Waals surface area contributed by atoms with Crippen LogP contribution in [0.2, 0.25) is 0 Å². The number of hydrogen-bond donors (Lipinski definition) is 0. The molecule has 0 spiro atoms. The number of rotatable bonds is 1. The van der Waals surface area contributed by atoms with Crippen molar-refractivity contribution < 1.29 is 22.0 Å². The Morgan fingerprint density at radius 3 is 2.05 bits per heavy atom. The quantitative estimate of drug-likeness (QED) is 0.510. The molecule has 0 aliphatic carbocycles. The fourth-order valence-electron chi connectivity index (χ4n) is 1.92. The number of pyridine rings is 1. The highest BCUT2D eigenvalue weighted by Gasteiger charge is 2.24. The van der Waals surface area contributed by atoms with Crippen molar-refractivity contribution in [2.75, 3.05) is 0 Å². The van der Waals surface area contributed by atoms with Crippen LogP contribution in [0.3, 0.4) is 0 Å². The molecule has 106 valence electrons. The minimum Gasteiger partial charge on any atom is -0.248 e. The normalized spacial score (nSPS) is 11.1. The van der Waals surface area contributed by atoms with Crippen LogP contribution in [0.15, 0.2) is 24.5 Å². The fraction of sp³-hybridized carbons (Fsp3) is 0. The number of aromatic nitrogens is 3. The van der Waals surface area contributed by atoms with E-state index in [2.05, 4.69) is 15.0 Å². The van der Waals surface area contributed by atoms with Gasteiger partial charge in [0.25, 0.3) is 0 Å². The fourth-order valence-corrected chi connectivity index (χ4v) is 1.92. The van der Waals surface area contributed by atoms with E-state index >= 15 is 0 Å². The van der Waals surface area contributed by atoms with E-state index in [0.717, 1.165) is 12.4 Å². The predicted octanol–water partition coefficient (Wildman–Crippen LogP) is 3.39. The van der Waals surface area contributed by atoms with Crippen LogP contribution in [0.25, 0.3) is 22.3 Å². The summed E-state index contributed by atoms with van der Waals surface area (Å²) in [5, 5.41) is 0. The first kappa shape index (κ1) is 13.3. The van der Waals surface area contributed by atoms with Gasteiger partial charge in [0.15, 0.2) is 11.5 Å². The summed E-state index contributed by atoms with van der Waals surface area (Å²) in [6.45, 7) is 0. The van der Waals surface area contributed by atoms with Crippen molar-refractivity contribution in [3.63, 3.8) is 0 Å². The van der Waals surface area contributed by atoms with Crippen LogP contribution in [0, 0.1) is 29.2 Å². The molecule has 3 nitrogen and oxygen atoms in total. The lowest BCUT2D eigenvalue weighted by Crippen LogP contribution is -2.03. The molecule has 0 unspecified atom stereocenters. The zero-order chi connectivity index (χ0) is 15.1. The number of nitrogens with zero attached hydrogens (tertiary/aromatic N) is 3. The molecule has 0 saturated heterocycles. The molecule has 2 aromatic heterocycles. The monoisotopic (exact) mass is 297 g/mol. The largest absolute Gasteiger partial charge is 0.248 e. The average Bonchev–Trinajstić information content (AvgIpc) is 2.41. The second-order valence-corrected chi connectivity index (χ2v) is 4.06. The maximum atomic E-state index is 14.3. The Bertz CT molecular complexity index is 843. The summed E-state index contributed by atoms with van der Waals surface area (Å²) in [5.74, 6) is -6.89. The Morgan fingerprint density at radius 1 is 0.762 bits per heavy atom. The molecule has 3 aromatic rings. The topological polar surface area (TPSA) is 38.7 Å². The summed E-state index contributed by atoms with van der Waals surface area (Å²) in [4.78, 5) is 10.5. The van der Waals surface area contributed by atoms with Gasteiger partial charge in [-0.25, -0.2) is 27.5 Å². The maximum absolute atomic E-state index is 14.3. The van der Waals surface area contributed by atoms with E-state index in [1.165, 1.54) is 0 Å². The van der Waals surface area contributed by atoms with Crippen LogP contribution in [-0.2, 0) is 0 Å². The zero-order valence-electron chi connectivity index (χ0n) is 10.0. The molecule has 1 aromatic carbocycles. The van der Waals surface area contributed by atoms with Gasteiger partial charge in [-0.15, -0.1) is 0 Å². The highest BCUT2D eigenvalue weighted by Crippen LogP contribution is 2.32. The Labute approximate surface area is 114 Å². The standard InChI is InChI=1S/C13H4F5N3/c14-5-3-6(15)8(7(16)4-5)9-10(17)11-13(21-12(9)18)20-2-1-19-11/h1-4H. The molecule has 0 fully saturated rings. The minimum absolute atomic E-state index is 0.318. The third-order valence-corrected chi connectivity index (χ3v) is 2.77. The summed E-state index contributed by atoms with van der Waals surface area (Å²) < 4.78 is 68.4. The third-order valence-electron chi connectivity index (χ3n) is 2.77. The van der Waals surface area contributed by atoms with Crippen LogP contribution in [-0.4, -0.2) is 15.0 Å². The second-order valence-electron chi connectivity index (χ2n) is 4.06. The van der Waals surface area contributed by atoms with E-state index in [4.69, 9.17) is 0 Å². The van der Waals surface area contributed by atoms with Gasteiger partial charge in [-0.05, 0) is 0 Å². The molecule has 0 N–H and O–H groups in total. The molecule has 0 atom stereocenters. The molecule has 8 heteroatoms. The molecule has 0 aliphatic rings. The van der Waals surface area contributed by atoms with Gasteiger partial charge < -0.3 is 0 Å². The number of hydrogen-bond acceptors (Lipinski definition) is 3. The molecule has 0 bridgehead atoms. The van der Waals surface area contributed by atoms with E-state index < -0.39 is 45.9 Å². The van der Waals surface area contributed by atoms with Gasteiger partial charge in [0, 0.05) is 24.5 Å². The van der Waals surface area contributed by atoms with Crippen molar-refractivity contribution in [1.29, 1.82) is 0 Å². The molecule has 21 heavy (non-hydrogen) atoms. The van der Waals surface area contributed by atoms with Crippen molar-refractivity contribution in [3.05, 3.63) is 53.7 Å². The lowest BCUT2D eigenvalue weighted by atomic mass is 10.0. The Balaban J connectivity index is 2.41. The van der Waals surface area contributed by atoms with Gasteiger partial charge in [0.05, 0.1) is 11.1 Å². The van der Waals surface area contributed by atoms with Gasteiger partial charge in [0.2, 0.25) is 5.95 Å². The Kier molecular flexibility index (Phi) is 3.00. The first-order chi connectivity index (χ1) is 9.99. The predicted molar refractivity (Wildman–Crippen MR) is 62.6 cm³/mol. The van der Waals surface area contributed by atoms with Crippen LogP contribution < -0.4 is 0 Å². The van der Waals surface area contributed by atoms with Gasteiger partial charge in [0.1, 0.15) is 23.0 Å². The summed E-state index contributed by atoms with van der Waals surface area (Å²) in [6, 6.07) is 0.635. The van der Waals surface area contributed by atoms with E-state index in [0.29, 0.717) is 12.1 Å². The van der Waals surface area contributed by atoms with E-state index in [-0.39, 0.29) is 5.65 Å². The molecule has 0 aliphatic heterocycles. The van der Waals surface area contributed by atoms with Crippen molar-refractivity contribution >= 4 is 11.2 Å². The van der Waals surface area contributed by atoms with Crippen LogP contribution in [0.5, 0.6) is 0 Å². The maximum Gasteiger partial charge on any atom is 0.226 e.